The molecule has 0 aromatic carbocycles. The van der Waals surface area contributed by atoms with Crippen LogP contribution in [0.2, 0.25) is 0 Å². The van der Waals surface area contributed by atoms with Crippen LogP contribution >= 0.6 is 0 Å². The first-order chi connectivity index (χ1) is 17.3. The van der Waals surface area contributed by atoms with Crippen LogP contribution < -0.4 is 0 Å². The summed E-state index contributed by atoms with van der Waals surface area (Å²) < 4.78 is 12.1. The van der Waals surface area contributed by atoms with Crippen molar-refractivity contribution in [1.82, 2.24) is 10.1 Å². The lowest BCUT2D eigenvalue weighted by atomic mass is 9.73. The van der Waals surface area contributed by atoms with E-state index in [4.69, 9.17) is 9.47 Å². The second-order valence-corrected chi connectivity index (χ2v) is 14.8. The minimum absolute atomic E-state index is 0.181. The number of carbonyl (C=O) groups excluding carboxylic acids is 2. The van der Waals surface area contributed by atoms with Crippen LogP contribution in [0.1, 0.15) is 121 Å². The highest BCUT2D eigenvalue weighted by Gasteiger charge is 2.52. The summed E-state index contributed by atoms with van der Waals surface area (Å²) in [5, 5.41) is 24.6. The molecule has 3 fully saturated rings. The highest BCUT2D eigenvalue weighted by Crippen LogP contribution is 2.44. The van der Waals surface area contributed by atoms with Crippen LogP contribution in [0.15, 0.2) is 0 Å². The first kappa shape index (κ1) is 31.3. The number of hydroxylamine groups is 4. The summed E-state index contributed by atoms with van der Waals surface area (Å²) in [5.41, 5.74) is -1.92. The van der Waals surface area contributed by atoms with E-state index < -0.39 is 22.2 Å². The van der Waals surface area contributed by atoms with Crippen LogP contribution in [0, 0.1) is 23.7 Å². The SMILES string of the molecule is CC(C)C1(C)CC(OC(=O)C2CCC(C(=O)OC3CC(C)(C)N(O)C(C)(C(C)C)C3)CC2)CC(C)(C)N1O. The fraction of sp³-hybridized carbons (Fsp3) is 0.933. The summed E-state index contributed by atoms with van der Waals surface area (Å²) in [7, 11) is 0. The maximum atomic E-state index is 13.1. The van der Waals surface area contributed by atoms with Crippen molar-refractivity contribution in [2.75, 3.05) is 0 Å². The van der Waals surface area contributed by atoms with E-state index in [1.54, 1.807) is 0 Å². The molecule has 0 bridgehead atoms. The number of ether oxygens (including phenoxy) is 2. The summed E-state index contributed by atoms with van der Waals surface area (Å²) in [6, 6.07) is 0. The number of piperidine rings is 2. The lowest BCUT2D eigenvalue weighted by Crippen LogP contribution is -2.64. The molecular weight excluding hydrogens is 484 g/mol. The Labute approximate surface area is 230 Å². The van der Waals surface area contributed by atoms with Crippen molar-refractivity contribution in [1.29, 1.82) is 0 Å². The zero-order chi connectivity index (χ0) is 28.8. The second-order valence-electron chi connectivity index (χ2n) is 14.8. The molecule has 8 nitrogen and oxygen atoms in total. The van der Waals surface area contributed by atoms with E-state index in [1.165, 1.54) is 10.1 Å². The summed E-state index contributed by atoms with van der Waals surface area (Å²) in [4.78, 5) is 26.3. The standard InChI is InChI=1S/C30H54N2O6/c1-19(2)29(9)17-23(15-27(5,6)31(29)35)37-25(33)21-11-13-22(14-12-21)26(34)38-24-16-28(7,8)32(36)30(10,18-24)20(3)4/h19-24,35-36H,11-18H2,1-10H3. The van der Waals surface area contributed by atoms with Crippen LogP contribution in [0.4, 0.5) is 0 Å². The first-order valence-corrected chi connectivity index (χ1v) is 14.7. The lowest BCUT2D eigenvalue weighted by molar-refractivity contribution is -0.276. The Kier molecular flexibility index (Phi) is 9.05. The number of nitrogens with zero attached hydrogens (tertiary/aromatic N) is 2. The molecule has 220 valence electrons. The third kappa shape index (κ3) is 6.08. The third-order valence-corrected chi connectivity index (χ3v) is 10.3. The smallest absolute Gasteiger partial charge is 0.309 e. The minimum Gasteiger partial charge on any atom is -0.462 e. The number of rotatable bonds is 6. The molecule has 0 radical (unpaired) electrons. The van der Waals surface area contributed by atoms with Crippen molar-refractivity contribution >= 4 is 11.9 Å². The summed E-state index contributed by atoms with van der Waals surface area (Å²) in [5.74, 6) is -0.382. The Morgan fingerprint density at radius 2 is 0.921 bits per heavy atom. The molecule has 0 amide bonds. The van der Waals surface area contributed by atoms with Gasteiger partial charge in [-0.1, -0.05) is 27.7 Å². The van der Waals surface area contributed by atoms with Gasteiger partial charge in [-0.05, 0) is 79.1 Å². The molecule has 1 aliphatic carbocycles. The summed E-state index contributed by atoms with van der Waals surface area (Å²) in [6.45, 7) is 20.3. The summed E-state index contributed by atoms with van der Waals surface area (Å²) in [6.07, 6.45) is 4.33. The van der Waals surface area contributed by atoms with Crippen molar-refractivity contribution < 1.29 is 29.5 Å². The molecule has 3 aliphatic rings. The van der Waals surface area contributed by atoms with E-state index in [0.717, 1.165) is 0 Å². The van der Waals surface area contributed by atoms with Gasteiger partial charge >= 0.3 is 11.9 Å². The van der Waals surface area contributed by atoms with E-state index in [2.05, 4.69) is 27.7 Å². The molecule has 4 unspecified atom stereocenters. The molecule has 0 aromatic rings. The maximum absolute atomic E-state index is 13.1. The van der Waals surface area contributed by atoms with Gasteiger partial charge in [0.1, 0.15) is 12.2 Å². The van der Waals surface area contributed by atoms with Gasteiger partial charge in [0.05, 0.1) is 11.8 Å². The quantitative estimate of drug-likeness (QED) is 0.399. The van der Waals surface area contributed by atoms with Crippen molar-refractivity contribution in [3.05, 3.63) is 0 Å². The zero-order valence-electron chi connectivity index (χ0n) is 25.5. The predicted molar refractivity (Wildman–Crippen MR) is 146 cm³/mol. The van der Waals surface area contributed by atoms with E-state index in [0.29, 0.717) is 51.4 Å². The molecule has 2 aliphatic heterocycles. The van der Waals surface area contributed by atoms with Gasteiger partial charge in [0, 0.05) is 47.8 Å². The van der Waals surface area contributed by atoms with Gasteiger partial charge in [-0.25, -0.2) is 0 Å². The van der Waals surface area contributed by atoms with Crippen molar-refractivity contribution in [2.45, 2.75) is 155 Å². The Bertz CT molecular complexity index is 795. The fourth-order valence-corrected chi connectivity index (χ4v) is 7.12. The average molecular weight is 539 g/mol. The highest BCUT2D eigenvalue weighted by atomic mass is 16.6. The molecule has 4 atom stereocenters. The fourth-order valence-electron chi connectivity index (χ4n) is 7.12. The van der Waals surface area contributed by atoms with Gasteiger partial charge in [-0.3, -0.25) is 9.59 Å². The van der Waals surface area contributed by atoms with Crippen molar-refractivity contribution in [2.24, 2.45) is 23.7 Å². The molecule has 38 heavy (non-hydrogen) atoms. The molecule has 0 aromatic heterocycles. The topological polar surface area (TPSA) is 99.5 Å². The van der Waals surface area contributed by atoms with Crippen molar-refractivity contribution in [3.63, 3.8) is 0 Å². The molecule has 2 saturated heterocycles. The normalized spacial score (nSPS) is 38.3. The zero-order valence-corrected chi connectivity index (χ0v) is 25.5. The van der Waals surface area contributed by atoms with Crippen LogP contribution in [-0.4, -0.2) is 66.8 Å². The van der Waals surface area contributed by atoms with Crippen LogP contribution in [0.25, 0.3) is 0 Å². The molecule has 3 rings (SSSR count). The Morgan fingerprint density at radius 3 is 1.18 bits per heavy atom. The molecule has 8 heteroatoms. The van der Waals surface area contributed by atoms with Crippen LogP contribution in [0.5, 0.6) is 0 Å². The molecular formula is C30H54N2O6. The second kappa shape index (κ2) is 11.0. The maximum Gasteiger partial charge on any atom is 0.309 e. The number of esters is 2. The third-order valence-electron chi connectivity index (χ3n) is 10.3. The number of hydrogen-bond donors (Lipinski definition) is 2. The van der Waals surface area contributed by atoms with E-state index in [-0.39, 0.29) is 47.8 Å². The van der Waals surface area contributed by atoms with Gasteiger partial charge in [-0.15, -0.1) is 0 Å². The van der Waals surface area contributed by atoms with Gasteiger partial charge in [-0.2, -0.15) is 10.1 Å². The van der Waals surface area contributed by atoms with Crippen LogP contribution in [0.3, 0.4) is 0 Å². The van der Waals surface area contributed by atoms with Gasteiger partial charge in [0.2, 0.25) is 0 Å². The summed E-state index contributed by atoms with van der Waals surface area (Å²) >= 11 is 0. The first-order valence-electron chi connectivity index (χ1n) is 14.7. The van der Waals surface area contributed by atoms with Crippen LogP contribution in [-0.2, 0) is 19.1 Å². The Hall–Kier alpha value is -1.22. The van der Waals surface area contributed by atoms with E-state index in [1.807, 2.05) is 41.5 Å². The number of carbonyl (C=O) groups is 2. The van der Waals surface area contributed by atoms with Crippen molar-refractivity contribution in [3.8, 4) is 0 Å². The molecule has 0 spiro atoms. The van der Waals surface area contributed by atoms with Gasteiger partial charge < -0.3 is 19.9 Å². The molecule has 1 saturated carbocycles. The highest BCUT2D eigenvalue weighted by molar-refractivity contribution is 5.75. The average Bonchev–Trinajstić information content (AvgIpc) is 2.80. The monoisotopic (exact) mass is 538 g/mol. The largest absolute Gasteiger partial charge is 0.462 e. The Morgan fingerprint density at radius 1 is 0.632 bits per heavy atom. The minimum atomic E-state index is -0.490. The molecule has 2 N–H and O–H groups in total. The van der Waals surface area contributed by atoms with Gasteiger partial charge in [0.15, 0.2) is 0 Å². The van der Waals surface area contributed by atoms with E-state index >= 15 is 0 Å². The molecule has 2 heterocycles. The van der Waals surface area contributed by atoms with E-state index in [9.17, 15) is 20.0 Å². The Balaban J connectivity index is 1.54. The lowest BCUT2D eigenvalue weighted by Gasteiger charge is -2.54. The predicted octanol–water partition coefficient (Wildman–Crippen LogP) is 5.97. The van der Waals surface area contributed by atoms with Gasteiger partial charge in [0.25, 0.3) is 0 Å². The number of hydrogen-bond acceptors (Lipinski definition) is 8.